The van der Waals surface area contributed by atoms with Crippen LogP contribution in [0.25, 0.3) is 0 Å². The van der Waals surface area contributed by atoms with Crippen LogP contribution in [0.15, 0.2) is 0 Å². The summed E-state index contributed by atoms with van der Waals surface area (Å²) in [7, 11) is 0. The Kier molecular flexibility index (Phi) is 2.19. The number of rotatable bonds is 0. The molecular formula is C7H11BrO3. The first-order valence-electron chi connectivity index (χ1n) is 3.83. The zero-order valence-corrected chi connectivity index (χ0v) is 7.80. The fourth-order valence-electron chi connectivity index (χ4n) is 1.48. The Labute approximate surface area is 74.1 Å². The van der Waals surface area contributed by atoms with Crippen molar-refractivity contribution in [2.24, 2.45) is 0 Å². The zero-order valence-electron chi connectivity index (χ0n) is 6.22. The third-order valence-electron chi connectivity index (χ3n) is 2.11. The van der Waals surface area contributed by atoms with Crippen LogP contribution < -0.4 is 0 Å². The van der Waals surface area contributed by atoms with Gasteiger partial charge in [0.1, 0.15) is 0 Å². The Bertz CT molecular complexity index is 145. The standard InChI is InChI=1S/C7H11BrO3/c8-6-5-9-2-1-7(6)10-3-4-11-7/h6H,1-5H2. The van der Waals surface area contributed by atoms with Gasteiger partial charge in [-0.2, -0.15) is 0 Å². The van der Waals surface area contributed by atoms with Gasteiger partial charge in [0.2, 0.25) is 0 Å². The lowest BCUT2D eigenvalue weighted by molar-refractivity contribution is -0.195. The smallest absolute Gasteiger partial charge is 0.185 e. The molecule has 0 N–H and O–H groups in total. The molecule has 0 aromatic heterocycles. The van der Waals surface area contributed by atoms with Crippen LogP contribution in [0.5, 0.6) is 0 Å². The third-order valence-corrected chi connectivity index (χ3v) is 3.07. The van der Waals surface area contributed by atoms with Crippen LogP contribution in [0.2, 0.25) is 0 Å². The molecule has 64 valence electrons. The molecular weight excluding hydrogens is 212 g/mol. The van der Waals surface area contributed by atoms with Gasteiger partial charge < -0.3 is 14.2 Å². The lowest BCUT2D eigenvalue weighted by Crippen LogP contribution is -2.47. The highest BCUT2D eigenvalue weighted by Gasteiger charge is 2.45. The molecule has 3 nitrogen and oxygen atoms in total. The average Bonchev–Trinajstić information content (AvgIpc) is 2.46. The lowest BCUT2D eigenvalue weighted by Gasteiger charge is -2.35. The third kappa shape index (κ3) is 1.33. The van der Waals surface area contributed by atoms with Crippen molar-refractivity contribution in [1.29, 1.82) is 0 Å². The molecule has 1 spiro atoms. The van der Waals surface area contributed by atoms with Gasteiger partial charge in [0, 0.05) is 6.42 Å². The van der Waals surface area contributed by atoms with Crippen molar-refractivity contribution in [3.05, 3.63) is 0 Å². The van der Waals surface area contributed by atoms with E-state index >= 15 is 0 Å². The van der Waals surface area contributed by atoms with E-state index in [2.05, 4.69) is 15.9 Å². The van der Waals surface area contributed by atoms with Gasteiger partial charge in [-0.25, -0.2) is 0 Å². The van der Waals surface area contributed by atoms with Gasteiger partial charge in [-0.3, -0.25) is 0 Å². The van der Waals surface area contributed by atoms with Crippen molar-refractivity contribution >= 4 is 15.9 Å². The number of hydrogen-bond acceptors (Lipinski definition) is 3. The minimum absolute atomic E-state index is 0.186. The lowest BCUT2D eigenvalue weighted by atomic mass is 10.1. The van der Waals surface area contributed by atoms with E-state index in [9.17, 15) is 0 Å². The van der Waals surface area contributed by atoms with E-state index in [-0.39, 0.29) is 10.6 Å². The highest BCUT2D eigenvalue weighted by Crippen LogP contribution is 2.34. The second-order valence-electron chi connectivity index (χ2n) is 2.80. The van der Waals surface area contributed by atoms with Crippen LogP contribution in [-0.2, 0) is 14.2 Å². The first-order valence-corrected chi connectivity index (χ1v) is 4.75. The summed E-state index contributed by atoms with van der Waals surface area (Å²) in [5.41, 5.74) is 0. The van der Waals surface area contributed by atoms with E-state index in [0.29, 0.717) is 19.8 Å². The van der Waals surface area contributed by atoms with E-state index in [1.807, 2.05) is 0 Å². The first-order chi connectivity index (χ1) is 5.33. The average molecular weight is 223 g/mol. The number of ether oxygens (including phenoxy) is 3. The Balaban J connectivity index is 2.07. The molecule has 0 saturated carbocycles. The maximum absolute atomic E-state index is 5.54. The first kappa shape index (κ1) is 7.98. The summed E-state index contributed by atoms with van der Waals surface area (Å²) in [6.45, 7) is 2.84. The molecule has 0 bridgehead atoms. The molecule has 4 heteroatoms. The van der Waals surface area contributed by atoms with Crippen molar-refractivity contribution < 1.29 is 14.2 Å². The number of alkyl halides is 1. The van der Waals surface area contributed by atoms with Crippen LogP contribution in [0.4, 0.5) is 0 Å². The molecule has 0 amide bonds. The van der Waals surface area contributed by atoms with Crippen LogP contribution >= 0.6 is 15.9 Å². The van der Waals surface area contributed by atoms with Gasteiger partial charge in [0.15, 0.2) is 5.79 Å². The Morgan fingerprint density at radius 3 is 2.55 bits per heavy atom. The molecule has 0 aromatic carbocycles. The van der Waals surface area contributed by atoms with E-state index in [1.165, 1.54) is 0 Å². The molecule has 2 fully saturated rings. The molecule has 2 rings (SSSR count). The monoisotopic (exact) mass is 222 g/mol. The molecule has 2 aliphatic rings. The van der Waals surface area contributed by atoms with Crippen molar-refractivity contribution in [2.45, 2.75) is 17.0 Å². The Morgan fingerprint density at radius 1 is 1.18 bits per heavy atom. The predicted molar refractivity (Wildman–Crippen MR) is 42.8 cm³/mol. The summed E-state index contributed by atoms with van der Waals surface area (Å²) in [5, 5.41) is 0. The van der Waals surface area contributed by atoms with Gasteiger partial charge in [0.25, 0.3) is 0 Å². The van der Waals surface area contributed by atoms with Gasteiger partial charge in [-0.15, -0.1) is 0 Å². The summed E-state index contributed by atoms with van der Waals surface area (Å²) < 4.78 is 16.4. The SMILES string of the molecule is BrC1COCCC12OCCO2. The summed E-state index contributed by atoms with van der Waals surface area (Å²) in [6.07, 6.45) is 0.836. The van der Waals surface area contributed by atoms with Crippen LogP contribution in [0.1, 0.15) is 6.42 Å². The van der Waals surface area contributed by atoms with Gasteiger partial charge in [-0.1, -0.05) is 15.9 Å². The van der Waals surface area contributed by atoms with Gasteiger partial charge in [-0.05, 0) is 0 Å². The summed E-state index contributed by atoms with van der Waals surface area (Å²) in [5.74, 6) is -0.377. The molecule has 11 heavy (non-hydrogen) atoms. The van der Waals surface area contributed by atoms with Crippen LogP contribution in [-0.4, -0.2) is 37.0 Å². The van der Waals surface area contributed by atoms with E-state index < -0.39 is 0 Å². The maximum atomic E-state index is 5.54. The predicted octanol–water partition coefficient (Wildman–Crippen LogP) is 0.913. The number of hydrogen-bond donors (Lipinski definition) is 0. The quantitative estimate of drug-likeness (QED) is 0.571. The Hall–Kier alpha value is 0.360. The molecule has 2 saturated heterocycles. The molecule has 2 aliphatic heterocycles. The highest BCUT2D eigenvalue weighted by atomic mass is 79.9. The number of halogens is 1. The van der Waals surface area contributed by atoms with Crippen molar-refractivity contribution in [1.82, 2.24) is 0 Å². The molecule has 1 unspecified atom stereocenters. The van der Waals surface area contributed by atoms with E-state index in [1.54, 1.807) is 0 Å². The molecule has 0 aromatic rings. The normalized spacial score (nSPS) is 36.3. The van der Waals surface area contributed by atoms with Gasteiger partial charge in [0.05, 0.1) is 31.3 Å². The summed E-state index contributed by atoms with van der Waals surface area (Å²) >= 11 is 3.50. The minimum Gasteiger partial charge on any atom is -0.380 e. The van der Waals surface area contributed by atoms with Crippen LogP contribution in [0.3, 0.4) is 0 Å². The van der Waals surface area contributed by atoms with Crippen molar-refractivity contribution in [3.63, 3.8) is 0 Å². The Morgan fingerprint density at radius 2 is 1.91 bits per heavy atom. The van der Waals surface area contributed by atoms with Gasteiger partial charge >= 0.3 is 0 Å². The van der Waals surface area contributed by atoms with E-state index in [0.717, 1.165) is 13.0 Å². The molecule has 0 aliphatic carbocycles. The fourth-order valence-corrected chi connectivity index (χ4v) is 2.16. The summed E-state index contributed by atoms with van der Waals surface area (Å²) in [4.78, 5) is 0.186. The molecule has 0 radical (unpaired) electrons. The topological polar surface area (TPSA) is 27.7 Å². The highest BCUT2D eigenvalue weighted by molar-refractivity contribution is 9.09. The molecule has 2 heterocycles. The second-order valence-corrected chi connectivity index (χ2v) is 3.91. The van der Waals surface area contributed by atoms with Crippen LogP contribution in [0, 0.1) is 0 Å². The minimum atomic E-state index is -0.377. The summed E-state index contributed by atoms with van der Waals surface area (Å²) in [6, 6.07) is 0. The zero-order chi connectivity index (χ0) is 7.73. The van der Waals surface area contributed by atoms with Crippen molar-refractivity contribution in [2.75, 3.05) is 26.4 Å². The fraction of sp³-hybridized carbons (Fsp3) is 1.00. The maximum Gasteiger partial charge on any atom is 0.185 e. The van der Waals surface area contributed by atoms with Crippen molar-refractivity contribution in [3.8, 4) is 0 Å². The largest absolute Gasteiger partial charge is 0.380 e. The van der Waals surface area contributed by atoms with E-state index in [4.69, 9.17) is 14.2 Å². The second kappa shape index (κ2) is 3.01. The molecule has 1 atom stereocenters.